The predicted molar refractivity (Wildman–Crippen MR) is 76.3 cm³/mol. The van der Waals surface area contributed by atoms with E-state index in [1.807, 2.05) is 6.07 Å². The van der Waals surface area contributed by atoms with Crippen molar-refractivity contribution in [2.75, 3.05) is 11.9 Å². The van der Waals surface area contributed by atoms with Crippen LogP contribution in [0.2, 0.25) is 0 Å². The third-order valence-electron chi connectivity index (χ3n) is 2.70. The fraction of sp³-hybridized carbons (Fsp3) is 0.333. The number of nitrogens with one attached hydrogen (secondary N) is 1. The lowest BCUT2D eigenvalue weighted by Crippen LogP contribution is -2.04. The molecule has 0 bridgehead atoms. The van der Waals surface area contributed by atoms with Gasteiger partial charge in [-0.1, -0.05) is 13.0 Å². The Kier molecular flexibility index (Phi) is 4.72. The number of hydrogen-bond acceptors (Lipinski definition) is 4. The van der Waals surface area contributed by atoms with Gasteiger partial charge in [-0.15, -0.1) is 0 Å². The molecule has 0 fully saturated rings. The number of rotatable bonds is 6. The maximum Gasteiger partial charge on any atom is 0.142 e. The highest BCUT2D eigenvalue weighted by Gasteiger charge is 2.04. The zero-order chi connectivity index (χ0) is 13.5. The van der Waals surface area contributed by atoms with Crippen LogP contribution in [-0.4, -0.2) is 16.6 Å². The van der Waals surface area contributed by atoms with E-state index in [1.165, 1.54) is 11.9 Å². The van der Waals surface area contributed by atoms with Crippen molar-refractivity contribution in [1.29, 1.82) is 0 Å². The minimum absolute atomic E-state index is 0.687. The molecular weight excluding hydrogens is 238 g/mol. The van der Waals surface area contributed by atoms with E-state index in [1.54, 1.807) is 12.4 Å². The molecule has 1 aromatic heterocycles. The second-order valence-electron chi connectivity index (χ2n) is 4.45. The number of nitrogens with zero attached hydrogens (tertiary/aromatic N) is 2. The van der Waals surface area contributed by atoms with E-state index < -0.39 is 0 Å². The summed E-state index contributed by atoms with van der Waals surface area (Å²) in [7, 11) is 0. The summed E-state index contributed by atoms with van der Waals surface area (Å²) >= 11 is 0. The van der Waals surface area contributed by atoms with Gasteiger partial charge in [0, 0.05) is 24.5 Å². The Morgan fingerprint density at radius 2 is 2.00 bits per heavy atom. The molecule has 0 spiro atoms. The Labute approximate surface area is 113 Å². The molecule has 4 nitrogen and oxygen atoms in total. The molecule has 0 aliphatic carbocycles. The molecule has 0 aliphatic heterocycles. The van der Waals surface area contributed by atoms with Gasteiger partial charge in [0.1, 0.15) is 12.1 Å². The maximum absolute atomic E-state index is 5.76. The Balaban J connectivity index is 2.06. The van der Waals surface area contributed by atoms with Crippen LogP contribution in [0, 0.1) is 6.92 Å². The summed E-state index contributed by atoms with van der Waals surface area (Å²) in [5, 5.41) is 3.36. The van der Waals surface area contributed by atoms with Gasteiger partial charge in [-0.25, -0.2) is 9.97 Å². The average Bonchev–Trinajstić information content (AvgIpc) is 2.45. The van der Waals surface area contributed by atoms with E-state index in [4.69, 9.17) is 4.74 Å². The van der Waals surface area contributed by atoms with Crippen LogP contribution in [0.25, 0.3) is 0 Å². The maximum atomic E-state index is 5.76. The van der Waals surface area contributed by atoms with Gasteiger partial charge in [0.05, 0.1) is 12.3 Å². The number of anilines is 1. The van der Waals surface area contributed by atoms with Gasteiger partial charge in [-0.3, -0.25) is 0 Å². The molecule has 2 aromatic rings. The molecule has 1 N–H and O–H groups in total. The van der Waals surface area contributed by atoms with Crippen molar-refractivity contribution in [3.63, 3.8) is 0 Å². The van der Waals surface area contributed by atoms with Crippen molar-refractivity contribution >= 4 is 5.69 Å². The summed E-state index contributed by atoms with van der Waals surface area (Å²) < 4.78 is 5.76. The first-order valence-corrected chi connectivity index (χ1v) is 6.51. The molecule has 4 heteroatoms. The Hall–Kier alpha value is -2.10. The lowest BCUT2D eigenvalue weighted by molar-refractivity contribution is 0.318. The molecule has 19 heavy (non-hydrogen) atoms. The highest BCUT2D eigenvalue weighted by Crippen LogP contribution is 2.26. The topological polar surface area (TPSA) is 47.0 Å². The molecule has 1 heterocycles. The molecule has 2 rings (SSSR count). The Bertz CT molecular complexity index is 514. The van der Waals surface area contributed by atoms with Crippen LogP contribution >= 0.6 is 0 Å². The van der Waals surface area contributed by atoms with E-state index in [9.17, 15) is 0 Å². The quantitative estimate of drug-likeness (QED) is 0.863. The summed E-state index contributed by atoms with van der Waals surface area (Å²) in [6, 6.07) is 6.17. The third kappa shape index (κ3) is 3.95. The molecule has 0 radical (unpaired) electrons. The summed E-state index contributed by atoms with van der Waals surface area (Å²) in [4.78, 5) is 8.00. The number of aryl methyl sites for hydroxylation is 1. The van der Waals surface area contributed by atoms with Crippen LogP contribution in [0.3, 0.4) is 0 Å². The van der Waals surface area contributed by atoms with Crippen LogP contribution < -0.4 is 10.1 Å². The number of hydrogen-bond donors (Lipinski definition) is 1. The monoisotopic (exact) mass is 257 g/mol. The van der Waals surface area contributed by atoms with Crippen LogP contribution in [0.15, 0.2) is 36.9 Å². The summed E-state index contributed by atoms with van der Waals surface area (Å²) in [6.07, 6.45) is 6.15. The van der Waals surface area contributed by atoms with Crippen LogP contribution in [-0.2, 0) is 6.54 Å². The zero-order valence-corrected chi connectivity index (χ0v) is 11.4. The fourth-order valence-electron chi connectivity index (χ4n) is 1.73. The Morgan fingerprint density at radius 3 is 2.74 bits per heavy atom. The molecule has 0 saturated heterocycles. The number of ether oxygens (including phenoxy) is 1. The first-order valence-electron chi connectivity index (χ1n) is 6.51. The van der Waals surface area contributed by atoms with Gasteiger partial charge in [0.2, 0.25) is 0 Å². The minimum Gasteiger partial charge on any atom is -0.491 e. The first-order chi connectivity index (χ1) is 9.29. The van der Waals surface area contributed by atoms with Crippen molar-refractivity contribution < 1.29 is 4.74 Å². The van der Waals surface area contributed by atoms with Crippen molar-refractivity contribution in [3.05, 3.63) is 48.0 Å². The standard InChI is InChI=1S/C15H19N3O/c1-3-6-19-15-7-12(2)4-5-14(15)18-10-13-8-16-11-17-9-13/h4-5,7-9,11,18H,3,6,10H2,1-2H3. The van der Waals surface area contributed by atoms with Crippen molar-refractivity contribution in [3.8, 4) is 5.75 Å². The average molecular weight is 257 g/mol. The molecule has 0 atom stereocenters. The largest absolute Gasteiger partial charge is 0.491 e. The van der Waals surface area contributed by atoms with Crippen LogP contribution in [0.4, 0.5) is 5.69 Å². The van der Waals surface area contributed by atoms with Gasteiger partial charge in [-0.2, -0.15) is 0 Å². The Morgan fingerprint density at radius 1 is 1.21 bits per heavy atom. The van der Waals surface area contributed by atoms with Gasteiger partial charge in [0.25, 0.3) is 0 Å². The fourth-order valence-corrected chi connectivity index (χ4v) is 1.73. The van der Waals surface area contributed by atoms with Gasteiger partial charge >= 0.3 is 0 Å². The van der Waals surface area contributed by atoms with Crippen LogP contribution in [0.5, 0.6) is 5.75 Å². The summed E-state index contributed by atoms with van der Waals surface area (Å²) in [5.74, 6) is 0.902. The van der Waals surface area contributed by atoms with E-state index in [-0.39, 0.29) is 0 Å². The lowest BCUT2D eigenvalue weighted by atomic mass is 10.2. The van der Waals surface area contributed by atoms with E-state index in [2.05, 4.69) is 41.3 Å². The van der Waals surface area contributed by atoms with Crippen molar-refractivity contribution in [1.82, 2.24) is 9.97 Å². The smallest absolute Gasteiger partial charge is 0.142 e. The van der Waals surface area contributed by atoms with E-state index in [0.29, 0.717) is 6.54 Å². The van der Waals surface area contributed by atoms with E-state index >= 15 is 0 Å². The van der Waals surface area contributed by atoms with Crippen molar-refractivity contribution in [2.45, 2.75) is 26.8 Å². The molecule has 0 aliphatic rings. The second-order valence-corrected chi connectivity index (χ2v) is 4.45. The summed E-state index contributed by atoms with van der Waals surface area (Å²) in [5.41, 5.74) is 3.24. The highest BCUT2D eigenvalue weighted by atomic mass is 16.5. The predicted octanol–water partition coefficient (Wildman–Crippen LogP) is 3.19. The van der Waals surface area contributed by atoms with Gasteiger partial charge in [0.15, 0.2) is 0 Å². The molecule has 100 valence electrons. The highest BCUT2D eigenvalue weighted by molar-refractivity contribution is 5.57. The van der Waals surface area contributed by atoms with Gasteiger partial charge < -0.3 is 10.1 Å². The molecule has 0 amide bonds. The van der Waals surface area contributed by atoms with Crippen molar-refractivity contribution in [2.24, 2.45) is 0 Å². The molecule has 1 aromatic carbocycles. The molecule has 0 unspecified atom stereocenters. The van der Waals surface area contributed by atoms with Crippen LogP contribution in [0.1, 0.15) is 24.5 Å². The minimum atomic E-state index is 0.687. The first kappa shape index (κ1) is 13.3. The normalized spacial score (nSPS) is 10.2. The lowest BCUT2D eigenvalue weighted by Gasteiger charge is -2.13. The number of benzene rings is 1. The molecule has 0 saturated carbocycles. The zero-order valence-electron chi connectivity index (χ0n) is 11.4. The summed E-state index contributed by atoms with van der Waals surface area (Å²) in [6.45, 7) is 5.58. The second kappa shape index (κ2) is 6.73. The number of aromatic nitrogens is 2. The van der Waals surface area contributed by atoms with Gasteiger partial charge in [-0.05, 0) is 31.0 Å². The SMILES string of the molecule is CCCOc1cc(C)ccc1NCc1cncnc1. The van der Waals surface area contributed by atoms with E-state index in [0.717, 1.165) is 30.0 Å². The molecular formula is C15H19N3O. The third-order valence-corrected chi connectivity index (χ3v) is 2.70.